The van der Waals surface area contributed by atoms with Crippen LogP contribution in [0, 0.1) is 0 Å². The first-order valence-corrected chi connectivity index (χ1v) is 9.49. The maximum absolute atomic E-state index is 12.8. The zero-order chi connectivity index (χ0) is 19.6. The van der Waals surface area contributed by atoms with Gasteiger partial charge in [-0.05, 0) is 36.1 Å². The van der Waals surface area contributed by atoms with Crippen LogP contribution in [0.25, 0.3) is 12.2 Å². The summed E-state index contributed by atoms with van der Waals surface area (Å²) in [5, 5.41) is 2.74. The maximum Gasteiger partial charge on any atom is 0.270 e. The van der Waals surface area contributed by atoms with Gasteiger partial charge in [-0.25, -0.2) is 0 Å². The van der Waals surface area contributed by atoms with Crippen molar-refractivity contribution in [3.05, 3.63) is 95.7 Å². The van der Waals surface area contributed by atoms with Crippen molar-refractivity contribution in [2.45, 2.75) is 12.8 Å². The molecule has 1 heterocycles. The number of nitrogens with zero attached hydrogens (tertiary/aromatic N) is 1. The lowest BCUT2D eigenvalue weighted by Gasteiger charge is -2.17. The molecule has 0 atom stereocenters. The molecule has 1 fully saturated rings. The molecule has 0 aliphatic carbocycles. The summed E-state index contributed by atoms with van der Waals surface area (Å²) in [5.41, 5.74) is 2.25. The van der Waals surface area contributed by atoms with E-state index in [4.69, 9.17) is 0 Å². The second kappa shape index (κ2) is 10.1. The highest BCUT2D eigenvalue weighted by atomic mass is 16.2. The van der Waals surface area contributed by atoms with E-state index in [0.717, 1.165) is 37.1 Å². The van der Waals surface area contributed by atoms with E-state index in [1.165, 1.54) is 6.08 Å². The lowest BCUT2D eigenvalue weighted by molar-refractivity contribution is -0.128. The third-order valence-electron chi connectivity index (χ3n) is 4.46. The summed E-state index contributed by atoms with van der Waals surface area (Å²) in [4.78, 5) is 26.9. The van der Waals surface area contributed by atoms with Crippen LogP contribution in [0.5, 0.6) is 0 Å². The molecule has 4 heteroatoms. The SMILES string of the molecule is O=C(/C=C/c1ccccc1)N/C(=C\C=C\c1ccccc1)C(=O)N1CCCC1. The van der Waals surface area contributed by atoms with Crippen molar-refractivity contribution in [2.24, 2.45) is 0 Å². The third kappa shape index (κ3) is 5.81. The molecule has 0 saturated carbocycles. The predicted octanol–water partition coefficient (Wildman–Crippen LogP) is 4.04. The highest BCUT2D eigenvalue weighted by Gasteiger charge is 2.22. The number of hydrogen-bond acceptors (Lipinski definition) is 2. The summed E-state index contributed by atoms with van der Waals surface area (Å²) in [6.07, 6.45) is 10.5. The van der Waals surface area contributed by atoms with Gasteiger partial charge in [-0.3, -0.25) is 9.59 Å². The molecule has 0 aromatic heterocycles. The lowest BCUT2D eigenvalue weighted by atomic mass is 10.2. The standard InChI is InChI=1S/C24H24N2O2/c27-23(17-16-21-12-5-2-6-13-21)25-22(24(28)26-18-7-8-19-26)15-9-14-20-10-3-1-4-11-20/h1-6,9-17H,7-8,18-19H2,(H,25,27)/b14-9+,17-16+,22-15-. The molecule has 0 bridgehead atoms. The van der Waals surface area contributed by atoms with Gasteiger partial charge in [0.1, 0.15) is 5.70 Å². The van der Waals surface area contributed by atoms with Crippen LogP contribution in [0.1, 0.15) is 24.0 Å². The normalized spacial score (nSPS) is 14.7. The Kier molecular flexibility index (Phi) is 6.96. The van der Waals surface area contributed by atoms with Gasteiger partial charge in [0.2, 0.25) is 5.91 Å². The molecule has 1 N–H and O–H groups in total. The molecule has 0 radical (unpaired) electrons. The molecule has 2 amide bonds. The molecule has 2 aromatic carbocycles. The maximum atomic E-state index is 12.8. The number of nitrogens with one attached hydrogen (secondary N) is 1. The van der Waals surface area contributed by atoms with Crippen molar-refractivity contribution in [2.75, 3.05) is 13.1 Å². The van der Waals surface area contributed by atoms with E-state index < -0.39 is 0 Å². The summed E-state index contributed by atoms with van der Waals surface area (Å²) in [6.45, 7) is 1.46. The van der Waals surface area contributed by atoms with Crippen molar-refractivity contribution in [1.29, 1.82) is 0 Å². The van der Waals surface area contributed by atoms with E-state index in [1.807, 2.05) is 66.7 Å². The smallest absolute Gasteiger partial charge is 0.270 e. The molecule has 28 heavy (non-hydrogen) atoms. The number of allylic oxidation sites excluding steroid dienone is 2. The minimum absolute atomic E-state index is 0.142. The Morgan fingerprint density at radius 2 is 1.39 bits per heavy atom. The summed E-state index contributed by atoms with van der Waals surface area (Å²) < 4.78 is 0. The second-order valence-electron chi connectivity index (χ2n) is 6.58. The molecule has 0 spiro atoms. The van der Waals surface area contributed by atoms with Crippen LogP contribution in [0.3, 0.4) is 0 Å². The fraction of sp³-hybridized carbons (Fsp3) is 0.167. The first-order chi connectivity index (χ1) is 13.7. The van der Waals surface area contributed by atoms with Gasteiger partial charge in [0.15, 0.2) is 0 Å². The van der Waals surface area contributed by atoms with Crippen molar-refractivity contribution >= 4 is 24.0 Å². The molecule has 3 rings (SSSR count). The van der Waals surface area contributed by atoms with Gasteiger partial charge in [0, 0.05) is 19.2 Å². The van der Waals surface area contributed by atoms with Crippen molar-refractivity contribution in [3.8, 4) is 0 Å². The number of likely N-dealkylation sites (tertiary alicyclic amines) is 1. The van der Waals surface area contributed by atoms with Gasteiger partial charge in [-0.15, -0.1) is 0 Å². The fourth-order valence-electron chi connectivity index (χ4n) is 2.99. The lowest BCUT2D eigenvalue weighted by Crippen LogP contribution is -2.36. The fourth-order valence-corrected chi connectivity index (χ4v) is 2.99. The van der Waals surface area contributed by atoms with E-state index in [1.54, 1.807) is 23.1 Å². The molecule has 0 unspecified atom stereocenters. The molecule has 1 saturated heterocycles. The number of carbonyl (C=O) groups excluding carboxylic acids is 2. The van der Waals surface area contributed by atoms with Crippen molar-refractivity contribution < 1.29 is 9.59 Å². The summed E-state index contributed by atoms with van der Waals surface area (Å²) in [5.74, 6) is -0.465. The molecular formula is C24H24N2O2. The number of carbonyl (C=O) groups is 2. The highest BCUT2D eigenvalue weighted by molar-refractivity contribution is 6.01. The monoisotopic (exact) mass is 372 g/mol. The van der Waals surface area contributed by atoms with E-state index in [0.29, 0.717) is 0 Å². The van der Waals surface area contributed by atoms with E-state index in [9.17, 15) is 9.59 Å². The van der Waals surface area contributed by atoms with Crippen molar-refractivity contribution in [3.63, 3.8) is 0 Å². The van der Waals surface area contributed by atoms with E-state index >= 15 is 0 Å². The zero-order valence-electron chi connectivity index (χ0n) is 15.8. The van der Waals surface area contributed by atoms with Crippen molar-refractivity contribution in [1.82, 2.24) is 10.2 Å². The number of amides is 2. The first kappa shape index (κ1) is 19.4. The number of benzene rings is 2. The van der Waals surface area contributed by atoms with E-state index in [2.05, 4.69) is 5.32 Å². The zero-order valence-corrected chi connectivity index (χ0v) is 15.8. The van der Waals surface area contributed by atoms with Gasteiger partial charge >= 0.3 is 0 Å². The van der Waals surface area contributed by atoms with Crippen LogP contribution in [0.4, 0.5) is 0 Å². The average Bonchev–Trinajstić information content (AvgIpc) is 3.27. The Morgan fingerprint density at radius 1 is 0.821 bits per heavy atom. The summed E-state index contributed by atoms with van der Waals surface area (Å²) in [6, 6.07) is 19.4. The molecule has 2 aromatic rings. The Morgan fingerprint density at radius 3 is 2.00 bits per heavy atom. The van der Waals surface area contributed by atoms with Gasteiger partial charge in [-0.1, -0.05) is 72.8 Å². The van der Waals surface area contributed by atoms with Crippen LogP contribution in [0.15, 0.2) is 84.6 Å². The molecule has 4 nitrogen and oxygen atoms in total. The van der Waals surface area contributed by atoms with Crippen LogP contribution < -0.4 is 5.32 Å². The Hall–Kier alpha value is -3.40. The summed E-state index contributed by atoms with van der Waals surface area (Å²) in [7, 11) is 0. The Bertz CT molecular complexity index is 877. The highest BCUT2D eigenvalue weighted by Crippen LogP contribution is 2.11. The Labute approximate surface area is 165 Å². The number of hydrogen-bond donors (Lipinski definition) is 1. The van der Waals surface area contributed by atoms with Gasteiger partial charge in [-0.2, -0.15) is 0 Å². The average molecular weight is 372 g/mol. The van der Waals surface area contributed by atoms with Gasteiger partial charge < -0.3 is 10.2 Å². The largest absolute Gasteiger partial charge is 0.337 e. The van der Waals surface area contributed by atoms with Gasteiger partial charge in [0.05, 0.1) is 0 Å². The van der Waals surface area contributed by atoms with E-state index in [-0.39, 0.29) is 17.5 Å². The van der Waals surface area contributed by atoms with Crippen LogP contribution in [-0.4, -0.2) is 29.8 Å². The predicted molar refractivity (Wildman–Crippen MR) is 113 cm³/mol. The van der Waals surface area contributed by atoms with Gasteiger partial charge in [0.25, 0.3) is 5.91 Å². The number of rotatable bonds is 6. The van der Waals surface area contributed by atoms with Crippen LogP contribution in [-0.2, 0) is 9.59 Å². The Balaban J connectivity index is 1.72. The topological polar surface area (TPSA) is 49.4 Å². The molecular weight excluding hydrogens is 348 g/mol. The first-order valence-electron chi connectivity index (χ1n) is 9.49. The minimum Gasteiger partial charge on any atom is -0.337 e. The minimum atomic E-state index is -0.323. The second-order valence-corrected chi connectivity index (χ2v) is 6.58. The third-order valence-corrected chi connectivity index (χ3v) is 4.46. The van der Waals surface area contributed by atoms with Crippen LogP contribution in [0.2, 0.25) is 0 Å². The quantitative estimate of drug-likeness (QED) is 0.615. The molecule has 1 aliphatic rings. The molecule has 142 valence electrons. The summed E-state index contributed by atoms with van der Waals surface area (Å²) >= 11 is 0. The van der Waals surface area contributed by atoms with Crippen LogP contribution >= 0.6 is 0 Å². The molecule has 1 aliphatic heterocycles.